The first kappa shape index (κ1) is 17.9. The molecule has 0 radical (unpaired) electrons. The Kier molecular flexibility index (Phi) is 5.85. The van der Waals surface area contributed by atoms with Gasteiger partial charge in [0, 0.05) is 0 Å². The molecule has 24 heavy (non-hydrogen) atoms. The van der Waals surface area contributed by atoms with E-state index in [0.29, 0.717) is 5.75 Å². The number of rotatable bonds is 6. The van der Waals surface area contributed by atoms with E-state index in [-0.39, 0.29) is 18.6 Å². The highest BCUT2D eigenvalue weighted by Gasteiger charge is 2.13. The second-order valence-corrected chi connectivity index (χ2v) is 6.05. The van der Waals surface area contributed by atoms with Crippen LogP contribution in [0.3, 0.4) is 0 Å². The highest BCUT2D eigenvalue weighted by Crippen LogP contribution is 2.22. The molecule has 128 valence electrons. The van der Waals surface area contributed by atoms with Gasteiger partial charge in [-0.15, -0.1) is 0 Å². The van der Waals surface area contributed by atoms with Crippen LogP contribution in [0.15, 0.2) is 36.4 Å². The van der Waals surface area contributed by atoms with E-state index in [0.717, 1.165) is 11.3 Å². The maximum atomic E-state index is 12.1. The Morgan fingerprint density at radius 3 is 2.21 bits per heavy atom. The first-order chi connectivity index (χ1) is 11.4. The summed E-state index contributed by atoms with van der Waals surface area (Å²) in [4.78, 5) is 12.1. The fourth-order valence-electron chi connectivity index (χ4n) is 2.63. The van der Waals surface area contributed by atoms with Gasteiger partial charge >= 0.3 is 0 Å². The molecule has 0 fully saturated rings. The third-order valence-corrected chi connectivity index (χ3v) is 4.16. The Hall–Kier alpha value is -2.49. The van der Waals surface area contributed by atoms with E-state index in [1.165, 1.54) is 16.7 Å². The molecule has 0 aliphatic carbocycles. The van der Waals surface area contributed by atoms with Gasteiger partial charge in [-0.2, -0.15) is 0 Å². The molecule has 0 aliphatic rings. The molecule has 4 heteroatoms. The zero-order valence-corrected chi connectivity index (χ0v) is 15.0. The van der Waals surface area contributed by atoms with Gasteiger partial charge in [0.1, 0.15) is 11.5 Å². The average Bonchev–Trinajstić information content (AvgIpc) is 2.56. The third-order valence-electron chi connectivity index (χ3n) is 4.16. The minimum absolute atomic E-state index is 0.0133. The lowest BCUT2D eigenvalue weighted by molar-refractivity contribution is -0.123. The fraction of sp³-hybridized carbons (Fsp3) is 0.350. The Morgan fingerprint density at radius 1 is 1.00 bits per heavy atom. The van der Waals surface area contributed by atoms with E-state index in [9.17, 15) is 4.79 Å². The number of hydrogen-bond acceptors (Lipinski definition) is 3. The monoisotopic (exact) mass is 327 g/mol. The van der Waals surface area contributed by atoms with E-state index >= 15 is 0 Å². The molecule has 2 aromatic rings. The van der Waals surface area contributed by atoms with Crippen molar-refractivity contribution < 1.29 is 14.3 Å². The van der Waals surface area contributed by atoms with E-state index < -0.39 is 0 Å². The van der Waals surface area contributed by atoms with Crippen LogP contribution in [0.2, 0.25) is 0 Å². The van der Waals surface area contributed by atoms with Crippen molar-refractivity contribution in [3.05, 3.63) is 58.7 Å². The summed E-state index contributed by atoms with van der Waals surface area (Å²) < 4.78 is 10.6. The molecule has 0 aliphatic heterocycles. The molecule has 1 N–H and O–H groups in total. The predicted octanol–water partition coefficient (Wildman–Crippen LogP) is 3.88. The lowest BCUT2D eigenvalue weighted by Crippen LogP contribution is -2.31. The van der Waals surface area contributed by atoms with E-state index in [4.69, 9.17) is 9.47 Å². The predicted molar refractivity (Wildman–Crippen MR) is 95.7 cm³/mol. The van der Waals surface area contributed by atoms with Gasteiger partial charge < -0.3 is 14.8 Å². The first-order valence-electron chi connectivity index (χ1n) is 8.04. The molecule has 0 saturated carbocycles. The van der Waals surface area contributed by atoms with E-state index in [2.05, 4.69) is 38.2 Å². The number of ether oxygens (including phenoxy) is 2. The van der Waals surface area contributed by atoms with Crippen LogP contribution in [0.4, 0.5) is 0 Å². The lowest BCUT2D eigenvalue weighted by atomic mass is 9.96. The molecule has 0 unspecified atom stereocenters. The van der Waals surface area contributed by atoms with Crippen LogP contribution in [-0.2, 0) is 4.79 Å². The van der Waals surface area contributed by atoms with Crippen LogP contribution < -0.4 is 14.8 Å². The average molecular weight is 327 g/mol. The number of hydrogen-bond donors (Lipinski definition) is 1. The number of amides is 1. The van der Waals surface area contributed by atoms with Gasteiger partial charge in [0.15, 0.2) is 6.61 Å². The van der Waals surface area contributed by atoms with Crippen LogP contribution in [0.25, 0.3) is 0 Å². The van der Waals surface area contributed by atoms with Gasteiger partial charge in [0.25, 0.3) is 5.91 Å². The molecule has 2 rings (SSSR count). The van der Waals surface area contributed by atoms with Gasteiger partial charge in [0.2, 0.25) is 0 Å². The molecular formula is C20H25NO3. The minimum Gasteiger partial charge on any atom is -0.497 e. The summed E-state index contributed by atoms with van der Waals surface area (Å²) in [6.45, 7) is 8.22. The summed E-state index contributed by atoms with van der Waals surface area (Å²) >= 11 is 0. The van der Waals surface area contributed by atoms with Crippen molar-refractivity contribution >= 4 is 5.91 Å². The number of carbonyl (C=O) groups is 1. The van der Waals surface area contributed by atoms with E-state index in [1.54, 1.807) is 31.4 Å². The summed E-state index contributed by atoms with van der Waals surface area (Å²) in [5.74, 6) is 1.25. The normalized spacial score (nSPS) is 11.7. The molecule has 1 amide bonds. The van der Waals surface area contributed by atoms with Crippen molar-refractivity contribution in [3.8, 4) is 11.5 Å². The molecule has 0 aromatic heterocycles. The number of methoxy groups -OCH3 is 1. The summed E-state index contributed by atoms with van der Waals surface area (Å²) in [5.41, 5.74) is 4.81. The third kappa shape index (κ3) is 4.51. The quantitative estimate of drug-likeness (QED) is 0.876. The number of aryl methyl sites for hydroxylation is 3. The molecule has 2 aromatic carbocycles. The molecular weight excluding hydrogens is 302 g/mol. The summed E-state index contributed by atoms with van der Waals surface area (Å²) in [5, 5.41) is 2.99. The molecule has 0 heterocycles. The van der Waals surface area contributed by atoms with Crippen molar-refractivity contribution in [1.82, 2.24) is 5.32 Å². The maximum Gasteiger partial charge on any atom is 0.258 e. The lowest BCUT2D eigenvalue weighted by Gasteiger charge is -2.18. The topological polar surface area (TPSA) is 47.6 Å². The second-order valence-electron chi connectivity index (χ2n) is 6.05. The first-order valence-corrected chi connectivity index (χ1v) is 8.04. The van der Waals surface area contributed by atoms with Crippen molar-refractivity contribution in [2.24, 2.45) is 0 Å². The van der Waals surface area contributed by atoms with Gasteiger partial charge in [-0.25, -0.2) is 0 Å². The second kappa shape index (κ2) is 7.86. The van der Waals surface area contributed by atoms with Crippen molar-refractivity contribution in [2.75, 3.05) is 13.7 Å². The van der Waals surface area contributed by atoms with Gasteiger partial charge in [-0.1, -0.05) is 12.1 Å². The Labute approximate surface area is 143 Å². The minimum atomic E-state index is -0.143. The van der Waals surface area contributed by atoms with Crippen molar-refractivity contribution in [1.29, 1.82) is 0 Å². The van der Waals surface area contributed by atoms with Gasteiger partial charge in [0.05, 0.1) is 13.2 Å². The number of carbonyl (C=O) groups excluding carboxylic acids is 1. The fourth-order valence-corrected chi connectivity index (χ4v) is 2.63. The SMILES string of the molecule is COc1ccc(OCC(=O)N[C@@H](C)c2cc(C)c(C)cc2C)cc1. The van der Waals surface area contributed by atoms with Crippen LogP contribution in [0.1, 0.15) is 35.2 Å². The zero-order chi connectivity index (χ0) is 17.7. The highest BCUT2D eigenvalue weighted by molar-refractivity contribution is 5.78. The smallest absolute Gasteiger partial charge is 0.258 e. The van der Waals surface area contributed by atoms with Crippen molar-refractivity contribution in [3.63, 3.8) is 0 Å². The standard InChI is InChI=1S/C20H25NO3/c1-13-10-15(3)19(11-14(13)2)16(4)21-20(22)12-24-18-8-6-17(23-5)7-9-18/h6-11,16H,12H2,1-5H3,(H,21,22)/t16-/m0/s1. The van der Waals surface area contributed by atoms with E-state index in [1.807, 2.05) is 6.92 Å². The van der Waals surface area contributed by atoms with Crippen LogP contribution in [-0.4, -0.2) is 19.6 Å². The molecule has 0 saturated heterocycles. The van der Waals surface area contributed by atoms with Crippen LogP contribution in [0, 0.1) is 20.8 Å². The summed E-state index contributed by atoms with van der Waals surface area (Å²) in [6.07, 6.45) is 0. The Bertz CT molecular complexity index is 708. The summed E-state index contributed by atoms with van der Waals surface area (Å²) in [7, 11) is 1.61. The van der Waals surface area contributed by atoms with Crippen LogP contribution in [0.5, 0.6) is 11.5 Å². The van der Waals surface area contributed by atoms with Crippen molar-refractivity contribution in [2.45, 2.75) is 33.7 Å². The largest absolute Gasteiger partial charge is 0.497 e. The molecule has 0 spiro atoms. The maximum absolute atomic E-state index is 12.1. The highest BCUT2D eigenvalue weighted by atomic mass is 16.5. The van der Waals surface area contributed by atoms with Gasteiger partial charge in [-0.05, 0) is 74.2 Å². The molecule has 4 nitrogen and oxygen atoms in total. The molecule has 1 atom stereocenters. The molecule has 0 bridgehead atoms. The zero-order valence-electron chi connectivity index (χ0n) is 15.0. The number of benzene rings is 2. The van der Waals surface area contributed by atoms with Crippen LogP contribution >= 0.6 is 0 Å². The summed E-state index contributed by atoms with van der Waals surface area (Å²) in [6, 6.07) is 11.4. The Morgan fingerprint density at radius 2 is 1.58 bits per heavy atom. The number of nitrogens with one attached hydrogen (secondary N) is 1. The Balaban J connectivity index is 1.92. The van der Waals surface area contributed by atoms with Gasteiger partial charge in [-0.3, -0.25) is 4.79 Å².